The van der Waals surface area contributed by atoms with Crippen molar-refractivity contribution in [2.75, 3.05) is 25.5 Å². The molecular formula is C21H27N3O3. The molecule has 1 aromatic carbocycles. The average molecular weight is 369 g/mol. The van der Waals surface area contributed by atoms with E-state index in [1.165, 1.54) is 12.4 Å². The van der Waals surface area contributed by atoms with Crippen LogP contribution in [0.4, 0.5) is 5.69 Å². The van der Waals surface area contributed by atoms with Gasteiger partial charge in [0.05, 0.1) is 23.9 Å². The van der Waals surface area contributed by atoms with Crippen LogP contribution in [0.3, 0.4) is 0 Å². The van der Waals surface area contributed by atoms with E-state index in [1.54, 1.807) is 24.1 Å². The molecule has 0 saturated carbocycles. The molecule has 0 saturated heterocycles. The molecule has 2 aromatic rings. The molecule has 0 aliphatic rings. The number of hydrogen-bond acceptors (Lipinski definition) is 4. The first kappa shape index (κ1) is 20.4. The fraction of sp³-hybridized carbons (Fsp3) is 0.381. The van der Waals surface area contributed by atoms with Crippen molar-refractivity contribution >= 4 is 17.5 Å². The van der Waals surface area contributed by atoms with E-state index >= 15 is 0 Å². The van der Waals surface area contributed by atoms with Gasteiger partial charge in [-0.25, -0.2) is 0 Å². The second kappa shape index (κ2) is 9.71. The average Bonchev–Trinajstić information content (AvgIpc) is 2.67. The van der Waals surface area contributed by atoms with Gasteiger partial charge in [-0.1, -0.05) is 19.9 Å². The highest BCUT2D eigenvalue weighted by molar-refractivity contribution is 6.06. The van der Waals surface area contributed by atoms with E-state index in [2.05, 4.69) is 10.3 Å². The summed E-state index contributed by atoms with van der Waals surface area (Å²) in [5, 5.41) is 2.84. The van der Waals surface area contributed by atoms with Crippen molar-refractivity contribution in [2.45, 2.75) is 33.6 Å². The zero-order chi connectivity index (χ0) is 19.8. The van der Waals surface area contributed by atoms with E-state index < -0.39 is 0 Å². The molecule has 0 bridgehead atoms. The van der Waals surface area contributed by atoms with E-state index in [0.717, 1.165) is 18.4 Å². The Bertz CT molecular complexity index is 799. The fourth-order valence-electron chi connectivity index (χ4n) is 2.83. The summed E-state index contributed by atoms with van der Waals surface area (Å²) >= 11 is 0. The van der Waals surface area contributed by atoms with Crippen LogP contribution < -0.4 is 10.1 Å². The molecule has 1 heterocycles. The molecule has 0 aliphatic carbocycles. The Hall–Kier alpha value is -2.89. The summed E-state index contributed by atoms with van der Waals surface area (Å²) in [7, 11) is 1.55. The lowest BCUT2D eigenvalue weighted by Gasteiger charge is -2.21. The Morgan fingerprint density at radius 2 is 1.74 bits per heavy atom. The largest absolute Gasteiger partial charge is 0.495 e. The Morgan fingerprint density at radius 1 is 1.07 bits per heavy atom. The number of rotatable bonds is 8. The van der Waals surface area contributed by atoms with Crippen LogP contribution >= 0.6 is 0 Å². The lowest BCUT2D eigenvalue weighted by molar-refractivity contribution is 0.0755. The molecule has 0 spiro atoms. The van der Waals surface area contributed by atoms with E-state index in [4.69, 9.17) is 4.74 Å². The minimum Gasteiger partial charge on any atom is -0.495 e. The fourth-order valence-corrected chi connectivity index (χ4v) is 2.83. The molecule has 0 unspecified atom stereocenters. The van der Waals surface area contributed by atoms with Gasteiger partial charge in [0.25, 0.3) is 11.8 Å². The third-order valence-corrected chi connectivity index (χ3v) is 4.12. The molecule has 1 N–H and O–H groups in total. The van der Waals surface area contributed by atoms with Crippen LogP contribution in [0.25, 0.3) is 0 Å². The number of carbonyl (C=O) groups is 2. The van der Waals surface area contributed by atoms with Crippen LogP contribution in [0.1, 0.15) is 53.0 Å². The minimum absolute atomic E-state index is 0.103. The molecule has 27 heavy (non-hydrogen) atoms. The van der Waals surface area contributed by atoms with Gasteiger partial charge in [-0.3, -0.25) is 14.6 Å². The zero-order valence-electron chi connectivity index (χ0n) is 16.4. The maximum Gasteiger partial charge on any atom is 0.257 e. The number of nitrogens with zero attached hydrogens (tertiary/aromatic N) is 2. The highest BCUT2D eigenvalue weighted by Gasteiger charge is 2.17. The standard InChI is InChI=1S/C21H27N3O3/c1-5-9-24(10-6-2)21(26)17-12-16(13-22-14-17)20(25)23-18-11-15(3)7-8-19(18)27-4/h7-8,11-14H,5-6,9-10H2,1-4H3,(H,23,25). The third-order valence-electron chi connectivity index (χ3n) is 4.12. The topological polar surface area (TPSA) is 71.5 Å². The van der Waals surface area contributed by atoms with E-state index in [-0.39, 0.29) is 11.8 Å². The number of amides is 2. The van der Waals surface area contributed by atoms with Crippen LogP contribution in [0.2, 0.25) is 0 Å². The molecule has 6 heteroatoms. The molecule has 1 aromatic heterocycles. The predicted molar refractivity (Wildman–Crippen MR) is 106 cm³/mol. The number of carbonyl (C=O) groups excluding carboxylic acids is 2. The van der Waals surface area contributed by atoms with Crippen LogP contribution in [-0.2, 0) is 0 Å². The normalized spacial score (nSPS) is 10.4. The molecule has 0 radical (unpaired) electrons. The predicted octanol–water partition coefficient (Wildman–Crippen LogP) is 3.91. The summed E-state index contributed by atoms with van der Waals surface area (Å²) in [4.78, 5) is 31.3. The van der Waals surface area contributed by atoms with Gasteiger partial charge in [0.15, 0.2) is 0 Å². The van der Waals surface area contributed by atoms with Crippen molar-refractivity contribution in [3.05, 3.63) is 53.3 Å². The van der Waals surface area contributed by atoms with Gasteiger partial charge < -0.3 is 15.0 Å². The van der Waals surface area contributed by atoms with Crippen LogP contribution in [-0.4, -0.2) is 41.9 Å². The van der Waals surface area contributed by atoms with E-state index in [0.29, 0.717) is 35.7 Å². The summed E-state index contributed by atoms with van der Waals surface area (Å²) in [6.07, 6.45) is 4.72. The molecule has 0 fully saturated rings. The molecule has 0 aliphatic heterocycles. The Morgan fingerprint density at radius 3 is 2.37 bits per heavy atom. The van der Waals surface area contributed by atoms with Crippen molar-refractivity contribution in [2.24, 2.45) is 0 Å². The third kappa shape index (κ3) is 5.29. The van der Waals surface area contributed by atoms with Gasteiger partial charge in [-0.15, -0.1) is 0 Å². The van der Waals surface area contributed by atoms with Crippen molar-refractivity contribution < 1.29 is 14.3 Å². The lowest BCUT2D eigenvalue weighted by atomic mass is 10.1. The molecule has 144 valence electrons. The number of hydrogen-bond donors (Lipinski definition) is 1. The number of nitrogens with one attached hydrogen (secondary N) is 1. The van der Waals surface area contributed by atoms with Gasteiger partial charge in [0, 0.05) is 25.5 Å². The molecular weight excluding hydrogens is 342 g/mol. The highest BCUT2D eigenvalue weighted by Crippen LogP contribution is 2.25. The van der Waals surface area contributed by atoms with Gasteiger partial charge >= 0.3 is 0 Å². The molecule has 2 amide bonds. The number of pyridine rings is 1. The Labute approximate surface area is 160 Å². The number of ether oxygens (including phenoxy) is 1. The van der Waals surface area contributed by atoms with Crippen LogP contribution in [0.5, 0.6) is 5.75 Å². The van der Waals surface area contributed by atoms with E-state index in [1.807, 2.05) is 32.9 Å². The summed E-state index contributed by atoms with van der Waals surface area (Å²) in [5.41, 5.74) is 2.33. The number of anilines is 1. The Balaban J connectivity index is 2.22. The molecule has 0 atom stereocenters. The first-order chi connectivity index (χ1) is 13.0. The summed E-state index contributed by atoms with van der Waals surface area (Å²) in [5.74, 6) is 0.138. The smallest absolute Gasteiger partial charge is 0.257 e. The first-order valence-corrected chi connectivity index (χ1v) is 9.20. The van der Waals surface area contributed by atoms with Crippen molar-refractivity contribution in [1.82, 2.24) is 9.88 Å². The summed E-state index contributed by atoms with van der Waals surface area (Å²) in [6.45, 7) is 7.37. The van der Waals surface area contributed by atoms with E-state index in [9.17, 15) is 9.59 Å². The Kier molecular flexibility index (Phi) is 7.34. The lowest BCUT2D eigenvalue weighted by Crippen LogP contribution is -2.32. The van der Waals surface area contributed by atoms with Crippen molar-refractivity contribution in [3.63, 3.8) is 0 Å². The summed E-state index contributed by atoms with van der Waals surface area (Å²) < 4.78 is 5.29. The minimum atomic E-state index is -0.335. The number of benzene rings is 1. The zero-order valence-corrected chi connectivity index (χ0v) is 16.4. The highest BCUT2D eigenvalue weighted by atomic mass is 16.5. The maximum absolute atomic E-state index is 12.7. The van der Waals surface area contributed by atoms with Gasteiger partial charge in [-0.05, 0) is 43.5 Å². The monoisotopic (exact) mass is 369 g/mol. The second-order valence-electron chi connectivity index (χ2n) is 6.41. The number of aryl methyl sites for hydroxylation is 1. The van der Waals surface area contributed by atoms with Gasteiger partial charge in [-0.2, -0.15) is 0 Å². The molecule has 2 rings (SSSR count). The van der Waals surface area contributed by atoms with Crippen molar-refractivity contribution in [3.8, 4) is 5.75 Å². The number of aromatic nitrogens is 1. The van der Waals surface area contributed by atoms with Crippen LogP contribution in [0, 0.1) is 6.92 Å². The summed E-state index contributed by atoms with van der Waals surface area (Å²) in [6, 6.07) is 7.14. The maximum atomic E-state index is 12.7. The van der Waals surface area contributed by atoms with Gasteiger partial charge in [0.2, 0.25) is 0 Å². The molecule has 6 nitrogen and oxygen atoms in total. The quantitative estimate of drug-likeness (QED) is 0.766. The van der Waals surface area contributed by atoms with Gasteiger partial charge in [0.1, 0.15) is 5.75 Å². The second-order valence-corrected chi connectivity index (χ2v) is 6.41. The van der Waals surface area contributed by atoms with Crippen molar-refractivity contribution in [1.29, 1.82) is 0 Å². The van der Waals surface area contributed by atoms with Crippen LogP contribution in [0.15, 0.2) is 36.7 Å². The SMILES string of the molecule is CCCN(CCC)C(=O)c1cncc(C(=O)Nc2cc(C)ccc2OC)c1. The first-order valence-electron chi connectivity index (χ1n) is 9.20. The number of methoxy groups -OCH3 is 1.